The summed E-state index contributed by atoms with van der Waals surface area (Å²) < 4.78 is 11.4. The summed E-state index contributed by atoms with van der Waals surface area (Å²) in [5.41, 5.74) is 0.996. The SMILES string of the molecule is CC(O)CNCc1cc(Cl)ccc1OCC1CCCO1. The Morgan fingerprint density at radius 2 is 2.40 bits per heavy atom. The van der Waals surface area contributed by atoms with Crippen LogP contribution in [0.15, 0.2) is 18.2 Å². The topological polar surface area (TPSA) is 50.7 Å². The number of benzene rings is 1. The zero-order valence-electron chi connectivity index (χ0n) is 11.8. The van der Waals surface area contributed by atoms with Gasteiger partial charge in [-0.15, -0.1) is 0 Å². The number of nitrogens with one attached hydrogen (secondary N) is 1. The van der Waals surface area contributed by atoms with Crippen molar-refractivity contribution in [2.24, 2.45) is 0 Å². The zero-order chi connectivity index (χ0) is 14.4. The fourth-order valence-corrected chi connectivity index (χ4v) is 2.40. The Labute approximate surface area is 125 Å². The monoisotopic (exact) mass is 299 g/mol. The molecule has 112 valence electrons. The van der Waals surface area contributed by atoms with Crippen LogP contribution in [-0.4, -0.2) is 37.1 Å². The van der Waals surface area contributed by atoms with E-state index in [2.05, 4.69) is 5.32 Å². The molecule has 2 unspecified atom stereocenters. The summed E-state index contributed by atoms with van der Waals surface area (Å²) in [6.45, 7) is 4.31. The molecule has 0 amide bonds. The van der Waals surface area contributed by atoms with Crippen LogP contribution in [0.3, 0.4) is 0 Å². The van der Waals surface area contributed by atoms with Crippen LogP contribution >= 0.6 is 11.6 Å². The number of halogens is 1. The molecule has 1 aromatic carbocycles. The molecular formula is C15H22ClNO3. The Morgan fingerprint density at radius 3 is 3.10 bits per heavy atom. The molecule has 0 saturated carbocycles. The van der Waals surface area contributed by atoms with Crippen molar-refractivity contribution in [2.75, 3.05) is 19.8 Å². The predicted molar refractivity (Wildman–Crippen MR) is 79.3 cm³/mol. The minimum atomic E-state index is -0.370. The zero-order valence-corrected chi connectivity index (χ0v) is 12.5. The number of ether oxygens (including phenoxy) is 2. The standard InChI is InChI=1S/C15H22ClNO3/c1-11(18)8-17-9-12-7-13(16)4-5-15(12)20-10-14-3-2-6-19-14/h4-5,7,11,14,17-18H,2-3,6,8-10H2,1H3. The van der Waals surface area contributed by atoms with Crippen molar-refractivity contribution in [3.8, 4) is 5.75 Å². The molecule has 0 radical (unpaired) electrons. The fraction of sp³-hybridized carbons (Fsp3) is 0.600. The second-order valence-electron chi connectivity index (χ2n) is 5.18. The molecule has 1 aliphatic heterocycles. The van der Waals surface area contributed by atoms with Gasteiger partial charge in [-0.1, -0.05) is 11.6 Å². The van der Waals surface area contributed by atoms with Gasteiger partial charge in [0.25, 0.3) is 0 Å². The second-order valence-corrected chi connectivity index (χ2v) is 5.61. The Bertz CT molecular complexity index is 420. The molecule has 1 aliphatic rings. The van der Waals surface area contributed by atoms with Gasteiger partial charge < -0.3 is 19.9 Å². The van der Waals surface area contributed by atoms with Gasteiger partial charge in [-0.3, -0.25) is 0 Å². The molecule has 4 nitrogen and oxygen atoms in total. The molecule has 5 heteroatoms. The van der Waals surface area contributed by atoms with Crippen LogP contribution in [0.2, 0.25) is 5.02 Å². The molecule has 1 aromatic rings. The first kappa shape index (κ1) is 15.6. The van der Waals surface area contributed by atoms with Crippen molar-refractivity contribution in [3.63, 3.8) is 0 Å². The molecule has 2 rings (SSSR count). The van der Waals surface area contributed by atoms with E-state index in [4.69, 9.17) is 21.1 Å². The molecule has 2 N–H and O–H groups in total. The average Bonchev–Trinajstić information content (AvgIpc) is 2.90. The van der Waals surface area contributed by atoms with Crippen LogP contribution in [0.1, 0.15) is 25.3 Å². The molecule has 1 fully saturated rings. The predicted octanol–water partition coefficient (Wildman–Crippen LogP) is 2.37. The maximum absolute atomic E-state index is 9.26. The average molecular weight is 300 g/mol. The molecule has 0 bridgehead atoms. The van der Waals surface area contributed by atoms with Gasteiger partial charge in [0.1, 0.15) is 12.4 Å². The van der Waals surface area contributed by atoms with Gasteiger partial charge in [-0.05, 0) is 38.0 Å². The number of hydrogen-bond donors (Lipinski definition) is 2. The second kappa shape index (κ2) is 7.84. The van der Waals surface area contributed by atoms with Crippen molar-refractivity contribution >= 4 is 11.6 Å². The highest BCUT2D eigenvalue weighted by Gasteiger charge is 2.16. The maximum atomic E-state index is 9.26. The summed E-state index contributed by atoms with van der Waals surface area (Å²) in [6, 6.07) is 5.60. The summed E-state index contributed by atoms with van der Waals surface area (Å²) >= 11 is 6.03. The quantitative estimate of drug-likeness (QED) is 0.811. The number of rotatable bonds is 7. The van der Waals surface area contributed by atoms with E-state index in [1.165, 1.54) is 0 Å². The molecule has 20 heavy (non-hydrogen) atoms. The van der Waals surface area contributed by atoms with Crippen molar-refractivity contribution in [1.82, 2.24) is 5.32 Å². The highest BCUT2D eigenvalue weighted by atomic mass is 35.5. The van der Waals surface area contributed by atoms with Gasteiger partial charge in [0.05, 0.1) is 12.2 Å². The third-order valence-corrected chi connectivity index (χ3v) is 3.46. The van der Waals surface area contributed by atoms with Gasteiger partial charge in [0, 0.05) is 30.3 Å². The Kier molecular flexibility index (Phi) is 6.10. The molecule has 1 saturated heterocycles. The highest BCUT2D eigenvalue weighted by molar-refractivity contribution is 6.30. The van der Waals surface area contributed by atoms with E-state index in [0.717, 1.165) is 30.8 Å². The normalized spacial score (nSPS) is 20.1. The molecular weight excluding hydrogens is 278 g/mol. The van der Waals surface area contributed by atoms with E-state index in [-0.39, 0.29) is 12.2 Å². The molecule has 0 aromatic heterocycles. The summed E-state index contributed by atoms with van der Waals surface area (Å²) in [4.78, 5) is 0. The number of aliphatic hydroxyl groups excluding tert-OH is 1. The third-order valence-electron chi connectivity index (χ3n) is 3.23. The van der Waals surface area contributed by atoms with Crippen LogP contribution < -0.4 is 10.1 Å². The van der Waals surface area contributed by atoms with Gasteiger partial charge in [0.15, 0.2) is 0 Å². The number of hydrogen-bond acceptors (Lipinski definition) is 4. The summed E-state index contributed by atoms with van der Waals surface area (Å²) in [6.07, 6.45) is 2.00. The first-order valence-corrected chi connectivity index (χ1v) is 7.44. The summed E-state index contributed by atoms with van der Waals surface area (Å²) in [5, 5.41) is 13.1. The van der Waals surface area contributed by atoms with Crippen LogP contribution in [0.5, 0.6) is 5.75 Å². The van der Waals surface area contributed by atoms with Crippen molar-refractivity contribution < 1.29 is 14.6 Å². The van der Waals surface area contributed by atoms with E-state index in [1.54, 1.807) is 6.92 Å². The van der Waals surface area contributed by atoms with Crippen LogP contribution in [-0.2, 0) is 11.3 Å². The molecule has 0 spiro atoms. The molecule has 0 aliphatic carbocycles. The largest absolute Gasteiger partial charge is 0.491 e. The lowest BCUT2D eigenvalue weighted by molar-refractivity contribution is 0.0675. The smallest absolute Gasteiger partial charge is 0.124 e. The first-order valence-electron chi connectivity index (χ1n) is 7.07. The number of aliphatic hydroxyl groups is 1. The Hall–Kier alpha value is -0.810. The van der Waals surface area contributed by atoms with Gasteiger partial charge >= 0.3 is 0 Å². The van der Waals surface area contributed by atoms with Crippen molar-refractivity contribution in [3.05, 3.63) is 28.8 Å². The molecule has 2 atom stereocenters. The van der Waals surface area contributed by atoms with E-state index in [1.807, 2.05) is 18.2 Å². The Balaban J connectivity index is 1.91. The first-order chi connectivity index (χ1) is 9.65. The lowest BCUT2D eigenvalue weighted by atomic mass is 10.2. The summed E-state index contributed by atoms with van der Waals surface area (Å²) in [5.74, 6) is 0.822. The van der Waals surface area contributed by atoms with Gasteiger partial charge in [-0.25, -0.2) is 0 Å². The highest BCUT2D eigenvalue weighted by Crippen LogP contribution is 2.24. The summed E-state index contributed by atoms with van der Waals surface area (Å²) in [7, 11) is 0. The Morgan fingerprint density at radius 1 is 1.55 bits per heavy atom. The lowest BCUT2D eigenvalue weighted by Crippen LogP contribution is -2.24. The third kappa shape index (κ3) is 4.94. The van der Waals surface area contributed by atoms with Gasteiger partial charge in [0.2, 0.25) is 0 Å². The van der Waals surface area contributed by atoms with E-state index in [0.29, 0.717) is 24.7 Å². The van der Waals surface area contributed by atoms with Crippen LogP contribution in [0, 0.1) is 0 Å². The minimum absolute atomic E-state index is 0.198. The molecule has 1 heterocycles. The van der Waals surface area contributed by atoms with Crippen molar-refractivity contribution in [2.45, 2.75) is 38.5 Å². The van der Waals surface area contributed by atoms with Gasteiger partial charge in [-0.2, -0.15) is 0 Å². The van der Waals surface area contributed by atoms with E-state index in [9.17, 15) is 5.11 Å². The maximum Gasteiger partial charge on any atom is 0.124 e. The van der Waals surface area contributed by atoms with Crippen LogP contribution in [0.25, 0.3) is 0 Å². The van der Waals surface area contributed by atoms with Crippen LogP contribution in [0.4, 0.5) is 0 Å². The minimum Gasteiger partial charge on any atom is -0.491 e. The van der Waals surface area contributed by atoms with E-state index >= 15 is 0 Å². The fourth-order valence-electron chi connectivity index (χ4n) is 2.20. The van der Waals surface area contributed by atoms with E-state index < -0.39 is 0 Å². The lowest BCUT2D eigenvalue weighted by Gasteiger charge is -2.15. The van der Waals surface area contributed by atoms with Crippen molar-refractivity contribution in [1.29, 1.82) is 0 Å².